The first-order chi connectivity index (χ1) is 20.0. The standard InChI is InChI=1S/C28H17Cl2F7N4O2/c1-14(15-6-9-17(10-7-15)38-25(43)26(31,32)27(33,34)28(35,36)37)40-41-24(42)20-13-23(19-11-8-16(29)12-21(19)30)39-22-5-3-2-4-18(20)22/h2-13H,1H3,(H,38,43)(H,41,42)/b40-14+. The Morgan fingerprint density at radius 3 is 2.14 bits per heavy atom. The molecule has 0 radical (unpaired) electrons. The van der Waals surface area contributed by atoms with Crippen molar-refractivity contribution in [3.8, 4) is 11.3 Å². The highest BCUT2D eigenvalue weighted by Gasteiger charge is 2.76. The summed E-state index contributed by atoms with van der Waals surface area (Å²) in [5.74, 6) is -16.1. The summed E-state index contributed by atoms with van der Waals surface area (Å²) < 4.78 is 90.5. The highest BCUT2D eigenvalue weighted by molar-refractivity contribution is 6.36. The van der Waals surface area contributed by atoms with E-state index in [1.54, 1.807) is 36.4 Å². The molecule has 4 aromatic rings. The number of carbonyl (C=O) groups excluding carboxylic acids is 2. The summed E-state index contributed by atoms with van der Waals surface area (Å²) in [5.41, 5.74) is 4.01. The van der Waals surface area contributed by atoms with Gasteiger partial charge in [0.25, 0.3) is 5.91 Å². The molecule has 3 aromatic carbocycles. The number of hydrogen-bond donors (Lipinski definition) is 2. The van der Waals surface area contributed by atoms with Crippen LogP contribution < -0.4 is 10.7 Å². The molecule has 0 aliphatic carbocycles. The summed E-state index contributed by atoms with van der Waals surface area (Å²) in [6, 6.07) is 17.5. The molecule has 4 rings (SSSR count). The summed E-state index contributed by atoms with van der Waals surface area (Å²) >= 11 is 12.3. The van der Waals surface area contributed by atoms with E-state index in [1.807, 2.05) is 0 Å². The third-order valence-corrected chi connectivity index (χ3v) is 6.64. The third-order valence-electron chi connectivity index (χ3n) is 6.09. The van der Waals surface area contributed by atoms with E-state index in [0.717, 1.165) is 12.1 Å². The number of para-hydroxylation sites is 1. The molecule has 0 aliphatic heterocycles. The average Bonchev–Trinajstić information content (AvgIpc) is 2.94. The lowest BCUT2D eigenvalue weighted by Gasteiger charge is -2.27. The Kier molecular flexibility index (Phi) is 8.70. The van der Waals surface area contributed by atoms with E-state index < -0.39 is 35.5 Å². The Labute approximate surface area is 248 Å². The molecule has 0 aliphatic rings. The van der Waals surface area contributed by atoms with Gasteiger partial charge in [-0.15, -0.1) is 0 Å². The summed E-state index contributed by atoms with van der Waals surface area (Å²) in [6.07, 6.45) is -6.65. The van der Waals surface area contributed by atoms with Gasteiger partial charge in [0, 0.05) is 21.7 Å². The quantitative estimate of drug-likeness (QED) is 0.121. The maximum Gasteiger partial charge on any atom is 0.460 e. The van der Waals surface area contributed by atoms with Gasteiger partial charge < -0.3 is 5.32 Å². The summed E-state index contributed by atoms with van der Waals surface area (Å²) in [5, 5.41) is 6.59. The molecule has 2 amide bonds. The zero-order valence-electron chi connectivity index (χ0n) is 21.5. The van der Waals surface area contributed by atoms with Crippen molar-refractivity contribution in [2.24, 2.45) is 5.10 Å². The fourth-order valence-electron chi connectivity index (χ4n) is 3.78. The Morgan fingerprint density at radius 2 is 1.51 bits per heavy atom. The fraction of sp³-hybridized carbons (Fsp3) is 0.143. The molecule has 15 heteroatoms. The average molecular weight is 645 g/mol. The van der Waals surface area contributed by atoms with E-state index in [2.05, 4.69) is 15.5 Å². The molecular formula is C28H17Cl2F7N4O2. The fourth-order valence-corrected chi connectivity index (χ4v) is 4.29. The second-order valence-corrected chi connectivity index (χ2v) is 9.86. The molecule has 0 saturated carbocycles. The number of anilines is 1. The summed E-state index contributed by atoms with van der Waals surface area (Å²) in [6.45, 7) is 1.47. The lowest BCUT2D eigenvalue weighted by atomic mass is 10.0. The van der Waals surface area contributed by atoms with Crippen molar-refractivity contribution >= 4 is 57.3 Å². The zero-order chi connectivity index (χ0) is 31.7. The second kappa shape index (κ2) is 11.8. The number of amides is 2. The Morgan fingerprint density at radius 1 is 0.860 bits per heavy atom. The Hall–Kier alpha value is -4.23. The van der Waals surface area contributed by atoms with Crippen molar-refractivity contribution in [1.29, 1.82) is 0 Å². The number of aromatic nitrogens is 1. The van der Waals surface area contributed by atoms with Gasteiger partial charge in [0.05, 0.1) is 27.5 Å². The SMILES string of the molecule is C/C(=N\NC(=O)c1cc(-c2ccc(Cl)cc2Cl)nc2ccccc12)c1ccc(NC(=O)C(F)(F)C(F)(F)C(F)(F)F)cc1. The minimum atomic E-state index is -6.65. The number of pyridine rings is 1. The van der Waals surface area contributed by atoms with E-state index in [-0.39, 0.29) is 11.3 Å². The zero-order valence-corrected chi connectivity index (χ0v) is 23.1. The van der Waals surface area contributed by atoms with Crippen LogP contribution in [0.4, 0.5) is 36.4 Å². The van der Waals surface area contributed by atoms with E-state index in [0.29, 0.717) is 37.8 Å². The molecule has 0 unspecified atom stereocenters. The number of rotatable bonds is 7. The van der Waals surface area contributed by atoms with Crippen molar-refractivity contribution < 1.29 is 40.3 Å². The first-order valence-electron chi connectivity index (χ1n) is 12.0. The van der Waals surface area contributed by atoms with Gasteiger partial charge in [0.1, 0.15) is 0 Å². The van der Waals surface area contributed by atoms with Crippen LogP contribution in [0.15, 0.2) is 77.9 Å². The van der Waals surface area contributed by atoms with E-state index in [4.69, 9.17) is 23.2 Å². The number of benzene rings is 3. The van der Waals surface area contributed by atoms with Crippen molar-refractivity contribution in [2.45, 2.75) is 24.9 Å². The predicted molar refractivity (Wildman–Crippen MR) is 148 cm³/mol. The van der Waals surface area contributed by atoms with Crippen LogP contribution in [0.1, 0.15) is 22.8 Å². The molecule has 2 N–H and O–H groups in total. The van der Waals surface area contributed by atoms with Gasteiger partial charge in [-0.05, 0) is 55.0 Å². The number of carbonyl (C=O) groups is 2. The molecule has 6 nitrogen and oxygen atoms in total. The number of hydrazone groups is 1. The van der Waals surface area contributed by atoms with Gasteiger partial charge in [0.15, 0.2) is 0 Å². The van der Waals surface area contributed by atoms with Crippen LogP contribution >= 0.6 is 23.2 Å². The van der Waals surface area contributed by atoms with Gasteiger partial charge in [-0.2, -0.15) is 35.8 Å². The molecule has 0 spiro atoms. The van der Waals surface area contributed by atoms with Crippen LogP contribution in [0.5, 0.6) is 0 Å². The minimum absolute atomic E-state index is 0.194. The first-order valence-corrected chi connectivity index (χ1v) is 12.7. The summed E-state index contributed by atoms with van der Waals surface area (Å²) in [4.78, 5) is 29.3. The molecule has 0 bridgehead atoms. The van der Waals surface area contributed by atoms with Crippen molar-refractivity contribution in [3.63, 3.8) is 0 Å². The van der Waals surface area contributed by atoms with Gasteiger partial charge in [-0.3, -0.25) is 9.59 Å². The lowest BCUT2D eigenvalue weighted by Crippen LogP contribution is -2.57. The highest BCUT2D eigenvalue weighted by Crippen LogP contribution is 2.47. The van der Waals surface area contributed by atoms with E-state index >= 15 is 0 Å². The molecule has 0 atom stereocenters. The van der Waals surface area contributed by atoms with Gasteiger partial charge in [-0.25, -0.2) is 10.4 Å². The number of nitrogens with one attached hydrogen (secondary N) is 2. The second-order valence-electron chi connectivity index (χ2n) is 9.01. The normalized spacial score (nSPS) is 12.7. The highest BCUT2D eigenvalue weighted by atomic mass is 35.5. The van der Waals surface area contributed by atoms with Crippen molar-refractivity contribution in [3.05, 3.63) is 94.0 Å². The Bertz CT molecular complexity index is 1740. The number of nitrogens with zero attached hydrogens (tertiary/aromatic N) is 2. The minimum Gasteiger partial charge on any atom is -0.321 e. The number of fused-ring (bicyclic) bond motifs is 1. The molecule has 1 aromatic heterocycles. The molecular weight excluding hydrogens is 628 g/mol. The summed E-state index contributed by atoms with van der Waals surface area (Å²) in [7, 11) is 0. The molecule has 1 heterocycles. The van der Waals surface area contributed by atoms with Crippen molar-refractivity contribution in [1.82, 2.24) is 10.4 Å². The molecule has 0 fully saturated rings. The number of alkyl halides is 7. The molecule has 224 valence electrons. The van der Waals surface area contributed by atoms with Gasteiger partial charge in [0.2, 0.25) is 0 Å². The smallest absolute Gasteiger partial charge is 0.321 e. The van der Waals surface area contributed by atoms with Crippen molar-refractivity contribution in [2.75, 3.05) is 5.32 Å². The third kappa shape index (κ3) is 6.42. The Balaban J connectivity index is 1.53. The van der Waals surface area contributed by atoms with E-state index in [1.165, 1.54) is 36.5 Å². The lowest BCUT2D eigenvalue weighted by molar-refractivity contribution is -0.343. The van der Waals surface area contributed by atoms with Crippen LogP contribution in [0, 0.1) is 0 Å². The van der Waals surface area contributed by atoms with Crippen LogP contribution in [0.2, 0.25) is 10.0 Å². The first kappa shape index (κ1) is 31.7. The number of halogens is 9. The van der Waals surface area contributed by atoms with Crippen LogP contribution in [0.25, 0.3) is 22.2 Å². The predicted octanol–water partition coefficient (Wildman–Crippen LogP) is 8.13. The van der Waals surface area contributed by atoms with Crippen LogP contribution in [-0.2, 0) is 4.79 Å². The monoisotopic (exact) mass is 644 g/mol. The molecule has 43 heavy (non-hydrogen) atoms. The maximum absolute atomic E-state index is 13.6. The van der Waals surface area contributed by atoms with Gasteiger partial charge >= 0.3 is 23.9 Å². The van der Waals surface area contributed by atoms with Crippen LogP contribution in [0.3, 0.4) is 0 Å². The molecule has 0 saturated heterocycles. The maximum atomic E-state index is 13.6. The largest absolute Gasteiger partial charge is 0.460 e. The van der Waals surface area contributed by atoms with Gasteiger partial charge in [-0.1, -0.05) is 53.5 Å². The topological polar surface area (TPSA) is 83.4 Å². The van der Waals surface area contributed by atoms with Crippen LogP contribution in [-0.4, -0.2) is 40.5 Å². The van der Waals surface area contributed by atoms with E-state index in [9.17, 15) is 40.3 Å². The number of hydrogen-bond acceptors (Lipinski definition) is 4.